The fourth-order valence-electron chi connectivity index (χ4n) is 2.29. The lowest BCUT2D eigenvalue weighted by Gasteiger charge is -2.25. The molecular weight excluding hydrogens is 264 g/mol. The highest BCUT2D eigenvalue weighted by atomic mass is 35.5. The van der Waals surface area contributed by atoms with Gasteiger partial charge in [0.05, 0.1) is 0 Å². The first-order chi connectivity index (χ1) is 9.05. The van der Waals surface area contributed by atoms with E-state index in [-0.39, 0.29) is 18.5 Å². The van der Waals surface area contributed by atoms with Crippen molar-refractivity contribution in [2.45, 2.75) is 18.9 Å². The molecule has 1 fully saturated rings. The number of urea groups is 1. The summed E-state index contributed by atoms with van der Waals surface area (Å²) in [6, 6.07) is 6.57. The molecule has 1 aliphatic rings. The summed E-state index contributed by atoms with van der Waals surface area (Å²) in [5.74, 6) is -0.248. The van der Waals surface area contributed by atoms with E-state index in [2.05, 4.69) is 11.9 Å². The summed E-state index contributed by atoms with van der Waals surface area (Å²) < 4.78 is 0. The second-order valence-electron chi connectivity index (χ2n) is 4.40. The van der Waals surface area contributed by atoms with Gasteiger partial charge >= 0.3 is 6.03 Å². The van der Waals surface area contributed by atoms with Gasteiger partial charge in [-0.25, -0.2) is 4.79 Å². The number of amides is 3. The van der Waals surface area contributed by atoms with Crippen molar-refractivity contribution < 1.29 is 9.59 Å². The van der Waals surface area contributed by atoms with E-state index in [1.165, 1.54) is 11.0 Å². The molecule has 1 unspecified atom stereocenters. The smallest absolute Gasteiger partial charge is 0.319 e. The number of halogens is 1. The SMILES string of the molecule is C=CCN1C(=O)NC(CC)(c2ccc(Cl)cc2)C1=O. The van der Waals surface area contributed by atoms with Crippen LogP contribution in [0, 0.1) is 0 Å². The molecule has 1 aromatic carbocycles. The Morgan fingerprint density at radius 2 is 2.00 bits per heavy atom. The van der Waals surface area contributed by atoms with Crippen LogP contribution in [0.3, 0.4) is 0 Å². The third-order valence-electron chi connectivity index (χ3n) is 3.35. The van der Waals surface area contributed by atoms with E-state index in [0.717, 1.165) is 5.56 Å². The summed E-state index contributed by atoms with van der Waals surface area (Å²) in [7, 11) is 0. The number of hydrogen-bond donors (Lipinski definition) is 1. The third-order valence-corrected chi connectivity index (χ3v) is 3.61. The highest BCUT2D eigenvalue weighted by Gasteiger charge is 2.50. The van der Waals surface area contributed by atoms with Crippen LogP contribution in [0.15, 0.2) is 36.9 Å². The first-order valence-corrected chi connectivity index (χ1v) is 6.44. The number of hydrogen-bond acceptors (Lipinski definition) is 2. The Kier molecular flexibility index (Phi) is 3.62. The summed E-state index contributed by atoms with van der Waals surface area (Å²) in [6.45, 7) is 5.63. The van der Waals surface area contributed by atoms with Crippen LogP contribution in [-0.2, 0) is 10.3 Å². The molecule has 1 atom stereocenters. The Balaban J connectivity index is 2.44. The Morgan fingerprint density at radius 3 is 2.53 bits per heavy atom. The minimum Gasteiger partial charge on any atom is -0.319 e. The topological polar surface area (TPSA) is 49.4 Å². The van der Waals surface area contributed by atoms with Gasteiger partial charge in [-0.05, 0) is 24.1 Å². The van der Waals surface area contributed by atoms with Crippen molar-refractivity contribution in [3.63, 3.8) is 0 Å². The summed E-state index contributed by atoms with van der Waals surface area (Å²) in [6.07, 6.45) is 2.01. The molecule has 1 saturated heterocycles. The predicted molar refractivity (Wildman–Crippen MR) is 73.9 cm³/mol. The van der Waals surface area contributed by atoms with Crippen molar-refractivity contribution in [2.75, 3.05) is 6.54 Å². The van der Waals surface area contributed by atoms with Crippen molar-refractivity contribution in [1.82, 2.24) is 10.2 Å². The zero-order valence-corrected chi connectivity index (χ0v) is 11.4. The maximum atomic E-state index is 12.5. The number of nitrogens with one attached hydrogen (secondary N) is 1. The third kappa shape index (κ3) is 2.12. The number of carbonyl (C=O) groups excluding carboxylic acids is 2. The molecule has 0 radical (unpaired) electrons. The van der Waals surface area contributed by atoms with Crippen LogP contribution in [-0.4, -0.2) is 23.4 Å². The Bertz CT molecular complexity index is 527. The molecule has 0 saturated carbocycles. The summed E-state index contributed by atoms with van der Waals surface area (Å²) in [5.41, 5.74) is -0.255. The van der Waals surface area contributed by atoms with Crippen molar-refractivity contribution in [1.29, 1.82) is 0 Å². The summed E-state index contributed by atoms with van der Waals surface area (Å²) in [4.78, 5) is 25.6. The van der Waals surface area contributed by atoms with Gasteiger partial charge in [0.15, 0.2) is 0 Å². The maximum absolute atomic E-state index is 12.5. The van der Waals surface area contributed by atoms with Crippen molar-refractivity contribution >= 4 is 23.5 Å². The molecule has 4 nitrogen and oxygen atoms in total. The molecule has 0 bridgehead atoms. The van der Waals surface area contributed by atoms with Crippen LogP contribution in [0.2, 0.25) is 5.02 Å². The van der Waals surface area contributed by atoms with Crippen LogP contribution in [0.25, 0.3) is 0 Å². The number of rotatable bonds is 4. The van der Waals surface area contributed by atoms with E-state index in [1.54, 1.807) is 24.3 Å². The van der Waals surface area contributed by atoms with Crippen LogP contribution in [0.5, 0.6) is 0 Å². The lowest BCUT2D eigenvalue weighted by molar-refractivity contribution is -0.131. The predicted octanol–water partition coefficient (Wildman–Crippen LogP) is 2.68. The van der Waals surface area contributed by atoms with Gasteiger partial charge < -0.3 is 5.32 Å². The van der Waals surface area contributed by atoms with E-state index in [4.69, 9.17) is 11.6 Å². The average molecular weight is 279 g/mol. The molecule has 0 aromatic heterocycles. The zero-order valence-electron chi connectivity index (χ0n) is 10.6. The first kappa shape index (κ1) is 13.6. The Labute approximate surface area is 117 Å². The quantitative estimate of drug-likeness (QED) is 0.680. The lowest BCUT2D eigenvalue weighted by Crippen LogP contribution is -2.43. The Hall–Kier alpha value is -1.81. The van der Waals surface area contributed by atoms with Gasteiger partial charge in [0.2, 0.25) is 0 Å². The fourth-order valence-corrected chi connectivity index (χ4v) is 2.42. The molecule has 1 aliphatic heterocycles. The lowest BCUT2D eigenvalue weighted by atomic mass is 9.87. The molecule has 19 heavy (non-hydrogen) atoms. The van der Waals surface area contributed by atoms with E-state index in [0.29, 0.717) is 11.4 Å². The van der Waals surface area contributed by atoms with E-state index < -0.39 is 5.54 Å². The van der Waals surface area contributed by atoms with Gasteiger partial charge in [-0.15, -0.1) is 6.58 Å². The van der Waals surface area contributed by atoms with Crippen molar-refractivity contribution in [2.24, 2.45) is 0 Å². The van der Waals surface area contributed by atoms with Gasteiger partial charge in [-0.1, -0.05) is 36.7 Å². The minimum atomic E-state index is -0.995. The minimum absolute atomic E-state index is 0.208. The Morgan fingerprint density at radius 1 is 1.37 bits per heavy atom. The van der Waals surface area contributed by atoms with Crippen LogP contribution >= 0.6 is 11.6 Å². The monoisotopic (exact) mass is 278 g/mol. The largest absolute Gasteiger partial charge is 0.325 e. The van der Waals surface area contributed by atoms with Gasteiger partial charge in [0.25, 0.3) is 5.91 Å². The van der Waals surface area contributed by atoms with E-state index in [1.807, 2.05) is 6.92 Å². The highest BCUT2D eigenvalue weighted by Crippen LogP contribution is 2.32. The highest BCUT2D eigenvalue weighted by molar-refractivity contribution is 6.30. The number of nitrogens with zero attached hydrogens (tertiary/aromatic N) is 1. The zero-order chi connectivity index (χ0) is 14.0. The number of benzene rings is 1. The second-order valence-corrected chi connectivity index (χ2v) is 4.84. The van der Waals surface area contributed by atoms with Crippen LogP contribution < -0.4 is 5.32 Å². The molecule has 3 amide bonds. The normalized spacial score (nSPS) is 22.5. The average Bonchev–Trinajstić information content (AvgIpc) is 2.65. The maximum Gasteiger partial charge on any atom is 0.325 e. The van der Waals surface area contributed by atoms with Gasteiger partial charge in [-0.2, -0.15) is 0 Å². The summed E-state index contributed by atoms with van der Waals surface area (Å²) in [5, 5.41) is 3.38. The van der Waals surface area contributed by atoms with Crippen LogP contribution in [0.1, 0.15) is 18.9 Å². The molecular formula is C14H15ClN2O2. The summed E-state index contributed by atoms with van der Waals surface area (Å²) >= 11 is 5.85. The molecule has 1 aromatic rings. The molecule has 0 aliphatic carbocycles. The molecule has 1 heterocycles. The first-order valence-electron chi connectivity index (χ1n) is 6.06. The van der Waals surface area contributed by atoms with Gasteiger partial charge in [0.1, 0.15) is 5.54 Å². The number of carbonyl (C=O) groups is 2. The molecule has 0 spiro atoms. The van der Waals surface area contributed by atoms with E-state index >= 15 is 0 Å². The fraction of sp³-hybridized carbons (Fsp3) is 0.286. The molecule has 5 heteroatoms. The van der Waals surface area contributed by atoms with Crippen molar-refractivity contribution in [3.8, 4) is 0 Å². The number of imide groups is 1. The molecule has 100 valence electrons. The standard InChI is InChI=1S/C14H15ClN2O2/c1-3-9-17-12(18)14(4-2,16-13(17)19)10-5-7-11(15)8-6-10/h3,5-8H,1,4,9H2,2H3,(H,16,19). The molecule has 2 rings (SSSR count). The van der Waals surface area contributed by atoms with Crippen molar-refractivity contribution in [3.05, 3.63) is 47.5 Å². The van der Waals surface area contributed by atoms with E-state index in [9.17, 15) is 9.59 Å². The van der Waals surface area contributed by atoms with Gasteiger partial charge in [-0.3, -0.25) is 9.69 Å². The van der Waals surface area contributed by atoms with Crippen LogP contribution in [0.4, 0.5) is 4.79 Å². The molecule has 1 N–H and O–H groups in total. The van der Waals surface area contributed by atoms with Gasteiger partial charge in [0, 0.05) is 11.6 Å². The second kappa shape index (κ2) is 5.05.